The standard InChI is InChI=1S/C10H15NOS/c1-4-9(12)6-7-10(5-2)13-8(3)11/h5-7,11-12H,2,4H2,1,3H3/b9-6+,10-7+,11-8?. The van der Waals surface area contributed by atoms with Crippen molar-refractivity contribution in [1.29, 1.82) is 5.41 Å². The quantitative estimate of drug-likeness (QED) is 0.313. The molecular weight excluding hydrogens is 182 g/mol. The van der Waals surface area contributed by atoms with Gasteiger partial charge in [-0.3, -0.25) is 5.41 Å². The molecule has 3 heteroatoms. The first-order valence-corrected chi connectivity index (χ1v) is 4.87. The van der Waals surface area contributed by atoms with Crippen LogP contribution in [0.4, 0.5) is 0 Å². The van der Waals surface area contributed by atoms with E-state index in [0.717, 1.165) is 4.91 Å². The number of allylic oxidation sites excluding steroid dienone is 4. The molecule has 2 nitrogen and oxygen atoms in total. The lowest BCUT2D eigenvalue weighted by Gasteiger charge is -1.97. The van der Waals surface area contributed by atoms with Gasteiger partial charge in [0.1, 0.15) is 0 Å². The molecular formula is C10H15NOS. The fraction of sp³-hybridized carbons (Fsp3) is 0.300. The maximum absolute atomic E-state index is 9.16. The molecule has 0 aliphatic carbocycles. The molecule has 0 spiro atoms. The molecule has 0 aliphatic heterocycles. The highest BCUT2D eigenvalue weighted by atomic mass is 32.2. The van der Waals surface area contributed by atoms with Crippen LogP contribution in [0, 0.1) is 5.41 Å². The Labute approximate surface area is 83.6 Å². The molecule has 0 fully saturated rings. The van der Waals surface area contributed by atoms with Crippen molar-refractivity contribution in [1.82, 2.24) is 0 Å². The van der Waals surface area contributed by atoms with Gasteiger partial charge >= 0.3 is 0 Å². The molecule has 0 saturated carbocycles. The summed E-state index contributed by atoms with van der Waals surface area (Å²) < 4.78 is 0. The molecule has 13 heavy (non-hydrogen) atoms. The largest absolute Gasteiger partial charge is 0.512 e. The average Bonchev–Trinajstić information content (AvgIpc) is 2.10. The lowest BCUT2D eigenvalue weighted by molar-refractivity contribution is 0.395. The van der Waals surface area contributed by atoms with Gasteiger partial charge in [0.25, 0.3) is 0 Å². The zero-order valence-corrected chi connectivity index (χ0v) is 8.82. The Hall–Kier alpha value is -0.960. The van der Waals surface area contributed by atoms with Gasteiger partial charge in [-0.05, 0) is 19.1 Å². The summed E-state index contributed by atoms with van der Waals surface area (Å²) in [5.41, 5.74) is 0. The number of thioether (sulfide) groups is 1. The van der Waals surface area contributed by atoms with Crippen molar-refractivity contribution in [2.45, 2.75) is 20.3 Å². The Morgan fingerprint density at radius 2 is 2.15 bits per heavy atom. The monoisotopic (exact) mass is 197 g/mol. The first-order chi connectivity index (χ1) is 6.10. The molecule has 0 rings (SSSR count). The van der Waals surface area contributed by atoms with Crippen LogP contribution in [0.3, 0.4) is 0 Å². The van der Waals surface area contributed by atoms with E-state index in [2.05, 4.69) is 6.58 Å². The predicted octanol–water partition coefficient (Wildman–Crippen LogP) is 3.64. The molecule has 0 radical (unpaired) electrons. The van der Waals surface area contributed by atoms with Crippen molar-refractivity contribution in [3.63, 3.8) is 0 Å². The second-order valence-electron chi connectivity index (χ2n) is 2.44. The van der Waals surface area contributed by atoms with E-state index in [1.807, 2.05) is 6.92 Å². The van der Waals surface area contributed by atoms with Crippen LogP contribution in [0.2, 0.25) is 0 Å². The highest BCUT2D eigenvalue weighted by molar-refractivity contribution is 8.17. The van der Waals surface area contributed by atoms with Crippen LogP contribution in [0.5, 0.6) is 0 Å². The number of rotatable bonds is 4. The maximum atomic E-state index is 9.16. The zero-order chi connectivity index (χ0) is 10.3. The summed E-state index contributed by atoms with van der Waals surface area (Å²) in [6.45, 7) is 7.21. The van der Waals surface area contributed by atoms with Gasteiger partial charge in [0.05, 0.1) is 10.8 Å². The van der Waals surface area contributed by atoms with Crippen molar-refractivity contribution < 1.29 is 5.11 Å². The third-order valence-corrected chi connectivity index (χ3v) is 2.12. The van der Waals surface area contributed by atoms with E-state index in [4.69, 9.17) is 10.5 Å². The Bertz CT molecular complexity index is 254. The molecule has 0 bridgehead atoms. The summed E-state index contributed by atoms with van der Waals surface area (Å²) in [6.07, 6.45) is 5.68. The van der Waals surface area contributed by atoms with Crippen LogP contribution in [-0.2, 0) is 0 Å². The fourth-order valence-electron chi connectivity index (χ4n) is 0.617. The van der Waals surface area contributed by atoms with Crippen LogP contribution in [0.25, 0.3) is 0 Å². The van der Waals surface area contributed by atoms with Crippen molar-refractivity contribution >= 4 is 16.8 Å². The molecule has 0 heterocycles. The van der Waals surface area contributed by atoms with Crippen LogP contribution < -0.4 is 0 Å². The summed E-state index contributed by atoms with van der Waals surface area (Å²) >= 11 is 1.32. The minimum Gasteiger partial charge on any atom is -0.512 e. The van der Waals surface area contributed by atoms with Gasteiger partial charge in [-0.15, -0.1) is 0 Å². The topological polar surface area (TPSA) is 44.1 Å². The van der Waals surface area contributed by atoms with E-state index in [1.54, 1.807) is 25.2 Å². The summed E-state index contributed by atoms with van der Waals surface area (Å²) in [4.78, 5) is 0.868. The van der Waals surface area contributed by atoms with Crippen molar-refractivity contribution in [3.05, 3.63) is 35.5 Å². The number of hydrogen-bond donors (Lipinski definition) is 2. The number of aliphatic hydroxyl groups excluding tert-OH is 1. The molecule has 2 N–H and O–H groups in total. The maximum Gasteiger partial charge on any atom is 0.0920 e. The van der Waals surface area contributed by atoms with Crippen LogP contribution in [0.1, 0.15) is 20.3 Å². The number of hydrogen-bond acceptors (Lipinski definition) is 3. The third-order valence-electron chi connectivity index (χ3n) is 1.27. The molecule has 0 aromatic carbocycles. The van der Waals surface area contributed by atoms with Crippen molar-refractivity contribution in [3.8, 4) is 0 Å². The highest BCUT2D eigenvalue weighted by Gasteiger charge is 1.93. The van der Waals surface area contributed by atoms with Gasteiger partial charge in [-0.2, -0.15) is 0 Å². The third kappa shape index (κ3) is 6.22. The minimum absolute atomic E-state index is 0.336. The molecule has 0 aliphatic rings. The molecule has 0 unspecified atom stereocenters. The van der Waals surface area contributed by atoms with Crippen LogP contribution >= 0.6 is 11.8 Å². The van der Waals surface area contributed by atoms with E-state index in [9.17, 15) is 0 Å². The van der Waals surface area contributed by atoms with Gasteiger partial charge in [0, 0.05) is 11.3 Å². The Morgan fingerprint density at radius 3 is 2.54 bits per heavy atom. The zero-order valence-electron chi connectivity index (χ0n) is 8.00. The molecule has 0 amide bonds. The Balaban J connectivity index is 4.39. The normalized spacial score (nSPS) is 12.8. The lowest BCUT2D eigenvalue weighted by atomic mass is 10.3. The fourth-order valence-corrected chi connectivity index (χ4v) is 1.19. The van der Waals surface area contributed by atoms with E-state index >= 15 is 0 Å². The molecule has 72 valence electrons. The van der Waals surface area contributed by atoms with Crippen molar-refractivity contribution in [2.24, 2.45) is 0 Å². The Kier molecular flexibility index (Phi) is 6.06. The van der Waals surface area contributed by atoms with E-state index in [0.29, 0.717) is 17.2 Å². The van der Waals surface area contributed by atoms with Crippen LogP contribution in [0.15, 0.2) is 35.5 Å². The predicted molar refractivity (Wildman–Crippen MR) is 60.3 cm³/mol. The SMILES string of the molecule is C=C/C(=C\C=C(\O)CC)SC(C)=N. The second kappa shape index (κ2) is 6.54. The molecule has 0 aromatic rings. The smallest absolute Gasteiger partial charge is 0.0920 e. The lowest BCUT2D eigenvalue weighted by Crippen LogP contribution is -1.80. The minimum atomic E-state index is 0.336. The highest BCUT2D eigenvalue weighted by Crippen LogP contribution is 2.17. The van der Waals surface area contributed by atoms with Gasteiger partial charge in [-0.25, -0.2) is 0 Å². The van der Waals surface area contributed by atoms with Gasteiger partial charge < -0.3 is 5.11 Å². The average molecular weight is 197 g/mol. The van der Waals surface area contributed by atoms with E-state index in [-0.39, 0.29) is 0 Å². The van der Waals surface area contributed by atoms with Crippen molar-refractivity contribution in [2.75, 3.05) is 0 Å². The molecule has 0 aromatic heterocycles. The van der Waals surface area contributed by atoms with E-state index < -0.39 is 0 Å². The summed E-state index contributed by atoms with van der Waals surface area (Å²) in [7, 11) is 0. The van der Waals surface area contributed by atoms with Gasteiger partial charge in [-0.1, -0.05) is 31.3 Å². The van der Waals surface area contributed by atoms with Crippen LogP contribution in [-0.4, -0.2) is 10.2 Å². The molecule has 0 atom stereocenters. The summed E-state index contributed by atoms with van der Waals surface area (Å²) in [6, 6.07) is 0. The molecule has 0 saturated heterocycles. The Morgan fingerprint density at radius 1 is 1.54 bits per heavy atom. The second-order valence-corrected chi connectivity index (χ2v) is 3.73. The number of aliphatic hydroxyl groups is 1. The summed E-state index contributed by atoms with van der Waals surface area (Å²) in [5.74, 6) is 0.336. The van der Waals surface area contributed by atoms with Gasteiger partial charge in [0.15, 0.2) is 0 Å². The van der Waals surface area contributed by atoms with E-state index in [1.165, 1.54) is 11.8 Å². The summed E-state index contributed by atoms with van der Waals surface area (Å²) in [5, 5.41) is 16.9. The number of nitrogens with one attached hydrogen (secondary N) is 1. The first-order valence-electron chi connectivity index (χ1n) is 4.05. The van der Waals surface area contributed by atoms with Gasteiger partial charge in [0.2, 0.25) is 0 Å². The first kappa shape index (κ1) is 12.0.